The number of benzene rings is 1. The molecule has 2 amide bonds. The fourth-order valence-corrected chi connectivity index (χ4v) is 3.24. The van der Waals surface area contributed by atoms with Crippen molar-refractivity contribution in [2.45, 2.75) is 40.0 Å². The molecule has 1 aromatic heterocycles. The molecule has 0 radical (unpaired) electrons. The van der Waals surface area contributed by atoms with Crippen molar-refractivity contribution in [2.75, 3.05) is 0 Å². The molecule has 2 aromatic rings. The SMILES string of the molecule is CC(C)Cc1ncc(CNC(=O)NCc2ccccc2CO)s1. The van der Waals surface area contributed by atoms with Crippen molar-refractivity contribution in [3.8, 4) is 0 Å². The number of aliphatic hydroxyl groups excluding tert-OH is 1. The minimum absolute atomic E-state index is 0.0288. The Labute approximate surface area is 140 Å². The van der Waals surface area contributed by atoms with Crippen LogP contribution in [0.15, 0.2) is 30.5 Å². The second-order valence-corrected chi connectivity index (χ2v) is 6.98. The molecule has 1 heterocycles. The molecule has 2 rings (SSSR count). The van der Waals surface area contributed by atoms with Gasteiger partial charge in [-0.05, 0) is 17.0 Å². The maximum atomic E-state index is 11.9. The summed E-state index contributed by atoms with van der Waals surface area (Å²) in [7, 11) is 0. The summed E-state index contributed by atoms with van der Waals surface area (Å²) in [6.07, 6.45) is 2.79. The first-order valence-corrected chi connectivity index (χ1v) is 8.53. The summed E-state index contributed by atoms with van der Waals surface area (Å²) in [4.78, 5) is 17.3. The molecule has 0 saturated heterocycles. The largest absolute Gasteiger partial charge is 0.392 e. The fourth-order valence-electron chi connectivity index (χ4n) is 2.16. The topological polar surface area (TPSA) is 74.2 Å². The van der Waals surface area contributed by atoms with Gasteiger partial charge in [0.1, 0.15) is 0 Å². The van der Waals surface area contributed by atoms with Gasteiger partial charge in [-0.3, -0.25) is 0 Å². The van der Waals surface area contributed by atoms with Gasteiger partial charge in [-0.15, -0.1) is 11.3 Å². The van der Waals surface area contributed by atoms with Crippen LogP contribution >= 0.6 is 11.3 Å². The summed E-state index contributed by atoms with van der Waals surface area (Å²) in [6, 6.07) is 7.28. The average Bonchev–Trinajstić information content (AvgIpc) is 2.97. The first-order valence-electron chi connectivity index (χ1n) is 7.71. The maximum absolute atomic E-state index is 11.9. The van der Waals surface area contributed by atoms with E-state index in [9.17, 15) is 9.90 Å². The molecular formula is C17H23N3O2S. The van der Waals surface area contributed by atoms with Gasteiger partial charge in [-0.2, -0.15) is 0 Å². The monoisotopic (exact) mass is 333 g/mol. The Bertz CT molecular complexity index is 640. The zero-order valence-electron chi connectivity index (χ0n) is 13.5. The number of amides is 2. The number of hydrogen-bond donors (Lipinski definition) is 3. The molecule has 124 valence electrons. The standard InChI is InChI=1S/C17H23N3O2S/c1-12(2)7-16-18-9-15(23-16)10-20-17(22)19-8-13-5-3-4-6-14(13)11-21/h3-6,9,12,21H,7-8,10-11H2,1-2H3,(H2,19,20,22). The fraction of sp³-hybridized carbons (Fsp3) is 0.412. The maximum Gasteiger partial charge on any atom is 0.315 e. The lowest BCUT2D eigenvalue weighted by atomic mass is 10.1. The summed E-state index contributed by atoms with van der Waals surface area (Å²) in [5.74, 6) is 0.580. The number of aromatic nitrogens is 1. The molecular weight excluding hydrogens is 310 g/mol. The lowest BCUT2D eigenvalue weighted by molar-refractivity contribution is 0.240. The smallest absolute Gasteiger partial charge is 0.315 e. The van der Waals surface area contributed by atoms with Crippen LogP contribution in [0, 0.1) is 5.92 Å². The zero-order chi connectivity index (χ0) is 16.7. The van der Waals surface area contributed by atoms with E-state index in [1.165, 1.54) is 0 Å². The van der Waals surface area contributed by atoms with Crippen molar-refractivity contribution in [3.05, 3.63) is 51.5 Å². The molecule has 5 nitrogen and oxygen atoms in total. The highest BCUT2D eigenvalue weighted by molar-refractivity contribution is 7.11. The number of nitrogens with zero attached hydrogens (tertiary/aromatic N) is 1. The Morgan fingerprint density at radius 3 is 2.61 bits per heavy atom. The molecule has 0 aliphatic heterocycles. The molecule has 0 spiro atoms. The summed E-state index contributed by atoms with van der Waals surface area (Å²) in [5, 5.41) is 16.0. The number of hydrogen-bond acceptors (Lipinski definition) is 4. The van der Waals surface area contributed by atoms with E-state index in [-0.39, 0.29) is 12.6 Å². The third-order valence-electron chi connectivity index (χ3n) is 3.34. The van der Waals surface area contributed by atoms with Gasteiger partial charge in [-0.1, -0.05) is 38.1 Å². The van der Waals surface area contributed by atoms with Crippen molar-refractivity contribution < 1.29 is 9.90 Å². The average molecular weight is 333 g/mol. The summed E-state index contributed by atoms with van der Waals surface area (Å²) in [5.41, 5.74) is 1.75. The minimum Gasteiger partial charge on any atom is -0.392 e. The molecule has 0 bridgehead atoms. The molecule has 0 aliphatic carbocycles. The predicted octanol–water partition coefficient (Wildman–Crippen LogP) is 2.83. The minimum atomic E-state index is -0.225. The lowest BCUT2D eigenvalue weighted by Gasteiger charge is -2.09. The van der Waals surface area contributed by atoms with Crippen LogP contribution in [0.1, 0.15) is 34.9 Å². The molecule has 23 heavy (non-hydrogen) atoms. The second kappa shape index (κ2) is 8.64. The number of carbonyl (C=O) groups is 1. The third kappa shape index (κ3) is 5.65. The summed E-state index contributed by atoms with van der Waals surface area (Å²) in [6.45, 7) is 5.17. The molecule has 6 heteroatoms. The highest BCUT2D eigenvalue weighted by atomic mass is 32.1. The Kier molecular flexibility index (Phi) is 6.55. The number of urea groups is 1. The molecule has 0 fully saturated rings. The van der Waals surface area contributed by atoms with Crippen LogP contribution in [0.2, 0.25) is 0 Å². The van der Waals surface area contributed by atoms with E-state index in [1.807, 2.05) is 30.5 Å². The first kappa shape index (κ1) is 17.4. The molecule has 1 aromatic carbocycles. The highest BCUT2D eigenvalue weighted by Gasteiger charge is 2.07. The Balaban J connectivity index is 1.78. The van der Waals surface area contributed by atoms with E-state index in [0.29, 0.717) is 19.0 Å². The van der Waals surface area contributed by atoms with E-state index >= 15 is 0 Å². The Morgan fingerprint density at radius 1 is 1.22 bits per heavy atom. The van der Waals surface area contributed by atoms with Crippen molar-refractivity contribution in [3.63, 3.8) is 0 Å². The van der Waals surface area contributed by atoms with Gasteiger partial charge < -0.3 is 15.7 Å². The second-order valence-electron chi connectivity index (χ2n) is 5.78. The van der Waals surface area contributed by atoms with Gasteiger partial charge in [0.15, 0.2) is 0 Å². The van der Waals surface area contributed by atoms with Crippen LogP contribution in [0.3, 0.4) is 0 Å². The van der Waals surface area contributed by atoms with Crippen LogP contribution in [0.5, 0.6) is 0 Å². The molecule has 3 N–H and O–H groups in total. The normalized spacial score (nSPS) is 10.8. The van der Waals surface area contributed by atoms with E-state index in [1.54, 1.807) is 11.3 Å². The number of rotatable bonds is 7. The Morgan fingerprint density at radius 2 is 1.91 bits per heavy atom. The number of aliphatic hydroxyl groups is 1. The zero-order valence-corrected chi connectivity index (χ0v) is 14.3. The predicted molar refractivity (Wildman–Crippen MR) is 92.1 cm³/mol. The van der Waals surface area contributed by atoms with Crippen molar-refractivity contribution in [2.24, 2.45) is 5.92 Å². The number of carbonyl (C=O) groups excluding carboxylic acids is 1. The van der Waals surface area contributed by atoms with Gasteiger partial charge in [0.2, 0.25) is 0 Å². The van der Waals surface area contributed by atoms with Crippen molar-refractivity contribution in [1.82, 2.24) is 15.6 Å². The molecule has 0 unspecified atom stereocenters. The van der Waals surface area contributed by atoms with E-state index in [2.05, 4.69) is 29.5 Å². The lowest BCUT2D eigenvalue weighted by Crippen LogP contribution is -2.34. The van der Waals surface area contributed by atoms with Crippen LogP contribution in [0.25, 0.3) is 0 Å². The molecule has 0 saturated carbocycles. The quantitative estimate of drug-likeness (QED) is 0.729. The summed E-state index contributed by atoms with van der Waals surface area (Å²) >= 11 is 1.64. The van der Waals surface area contributed by atoms with Gasteiger partial charge in [0.25, 0.3) is 0 Å². The van der Waals surface area contributed by atoms with Gasteiger partial charge >= 0.3 is 6.03 Å². The van der Waals surface area contributed by atoms with E-state index in [4.69, 9.17) is 0 Å². The van der Waals surface area contributed by atoms with Crippen LogP contribution in [-0.4, -0.2) is 16.1 Å². The van der Waals surface area contributed by atoms with Crippen LogP contribution in [-0.2, 0) is 26.1 Å². The van der Waals surface area contributed by atoms with Gasteiger partial charge in [-0.25, -0.2) is 9.78 Å². The summed E-state index contributed by atoms with van der Waals surface area (Å²) < 4.78 is 0. The van der Waals surface area contributed by atoms with Gasteiger partial charge in [0, 0.05) is 24.0 Å². The Hall–Kier alpha value is -1.92. The highest BCUT2D eigenvalue weighted by Crippen LogP contribution is 2.16. The van der Waals surface area contributed by atoms with Crippen LogP contribution in [0.4, 0.5) is 4.79 Å². The first-order chi connectivity index (χ1) is 11.1. The third-order valence-corrected chi connectivity index (χ3v) is 4.36. The molecule has 0 aliphatic rings. The van der Waals surface area contributed by atoms with Crippen molar-refractivity contribution in [1.29, 1.82) is 0 Å². The number of nitrogens with one attached hydrogen (secondary N) is 2. The molecule has 0 atom stereocenters. The van der Waals surface area contributed by atoms with E-state index < -0.39 is 0 Å². The van der Waals surface area contributed by atoms with Gasteiger partial charge in [0.05, 0.1) is 18.2 Å². The van der Waals surface area contributed by atoms with Crippen molar-refractivity contribution >= 4 is 17.4 Å². The van der Waals surface area contributed by atoms with Crippen LogP contribution < -0.4 is 10.6 Å². The number of thiazole rings is 1. The van der Waals surface area contributed by atoms with E-state index in [0.717, 1.165) is 27.4 Å².